The number of nitrogens with one attached hydrogen (secondary N) is 3. The highest BCUT2D eigenvalue weighted by Crippen LogP contribution is 2.13. The smallest absolute Gasteiger partial charge is 0.407 e. The Balaban J connectivity index is 0.000000389. The van der Waals surface area contributed by atoms with Gasteiger partial charge in [0.05, 0.1) is 12.5 Å². The average Bonchev–Trinajstić information content (AvgIpc) is 2.85. The number of alkyl carbamates (subject to hydrolysis) is 1. The molecule has 0 aliphatic heterocycles. The molecule has 0 atom stereocenters. The average molecular weight is 528 g/mol. The minimum Gasteiger partial charge on any atom is -0.461 e. The molecule has 2 aromatic carbocycles. The molecule has 210 valence electrons. The summed E-state index contributed by atoms with van der Waals surface area (Å²) in [7, 11) is 0. The number of Topliss-reactive ketones (excluding diaryl/α,β-unsaturated/α-hetero) is 1. The van der Waals surface area contributed by atoms with Crippen molar-refractivity contribution in [1.29, 1.82) is 0 Å². The predicted octanol–water partition coefficient (Wildman–Crippen LogP) is 6.16. The zero-order valence-corrected chi connectivity index (χ0v) is 24.1. The van der Waals surface area contributed by atoms with Crippen LogP contribution in [0.3, 0.4) is 0 Å². The minimum atomic E-state index is -0.576. The number of anilines is 2. The van der Waals surface area contributed by atoms with E-state index in [2.05, 4.69) is 43.6 Å². The first-order valence-electron chi connectivity index (χ1n) is 13.2. The molecular formula is C30H45N3O5. The molecule has 0 spiro atoms. The Kier molecular flexibility index (Phi) is 14.6. The summed E-state index contributed by atoms with van der Waals surface area (Å²) in [6.07, 6.45) is -0.576. The van der Waals surface area contributed by atoms with Crippen molar-refractivity contribution >= 4 is 29.2 Å². The number of hydrogen-bond acceptors (Lipinski definition) is 7. The van der Waals surface area contributed by atoms with E-state index in [1.54, 1.807) is 13.8 Å². The SMILES string of the molecule is CC(C)Nc1ccc(COC(=O)C(C)C)cc1.CC(C)Nc1ccc(COC(=O)NCC(=O)C(C)C)cc1. The van der Waals surface area contributed by atoms with Gasteiger partial charge in [0.2, 0.25) is 0 Å². The first kappa shape index (κ1) is 32.5. The summed E-state index contributed by atoms with van der Waals surface area (Å²) < 4.78 is 10.2. The summed E-state index contributed by atoms with van der Waals surface area (Å²) >= 11 is 0. The third-order valence-corrected chi connectivity index (χ3v) is 5.09. The van der Waals surface area contributed by atoms with Crippen LogP contribution in [0, 0.1) is 11.8 Å². The maximum atomic E-state index is 11.5. The van der Waals surface area contributed by atoms with E-state index in [-0.39, 0.29) is 36.7 Å². The van der Waals surface area contributed by atoms with Crippen LogP contribution in [0.15, 0.2) is 48.5 Å². The van der Waals surface area contributed by atoms with Gasteiger partial charge in [0.25, 0.3) is 0 Å². The van der Waals surface area contributed by atoms with Gasteiger partial charge in [0.15, 0.2) is 5.78 Å². The fourth-order valence-corrected chi connectivity index (χ4v) is 2.95. The zero-order chi connectivity index (χ0) is 28.7. The fourth-order valence-electron chi connectivity index (χ4n) is 2.95. The van der Waals surface area contributed by atoms with Gasteiger partial charge >= 0.3 is 12.1 Å². The largest absolute Gasteiger partial charge is 0.461 e. The molecule has 0 bridgehead atoms. The predicted molar refractivity (Wildman–Crippen MR) is 153 cm³/mol. The lowest BCUT2D eigenvalue weighted by molar-refractivity contribution is -0.148. The van der Waals surface area contributed by atoms with Crippen molar-refractivity contribution in [3.05, 3.63) is 59.7 Å². The van der Waals surface area contributed by atoms with E-state index >= 15 is 0 Å². The molecule has 0 aliphatic rings. The van der Waals surface area contributed by atoms with Crippen molar-refractivity contribution < 1.29 is 23.9 Å². The highest BCUT2D eigenvalue weighted by Gasteiger charge is 2.10. The Morgan fingerprint density at radius 3 is 1.42 bits per heavy atom. The third kappa shape index (κ3) is 14.3. The van der Waals surface area contributed by atoms with Crippen molar-refractivity contribution in [2.75, 3.05) is 17.2 Å². The number of ether oxygens (including phenoxy) is 2. The van der Waals surface area contributed by atoms with Crippen LogP contribution in [-0.2, 0) is 32.3 Å². The van der Waals surface area contributed by atoms with Gasteiger partial charge in [-0.2, -0.15) is 0 Å². The van der Waals surface area contributed by atoms with E-state index in [0.717, 1.165) is 22.5 Å². The van der Waals surface area contributed by atoms with Crippen molar-refractivity contribution in [3.8, 4) is 0 Å². The summed E-state index contributed by atoms with van der Waals surface area (Å²) in [6, 6.07) is 16.4. The second-order valence-corrected chi connectivity index (χ2v) is 10.3. The lowest BCUT2D eigenvalue weighted by Crippen LogP contribution is -2.31. The quantitative estimate of drug-likeness (QED) is 0.284. The number of amides is 1. The number of hydrogen-bond donors (Lipinski definition) is 3. The molecule has 2 rings (SSSR count). The van der Waals surface area contributed by atoms with Crippen molar-refractivity contribution in [3.63, 3.8) is 0 Å². The van der Waals surface area contributed by atoms with Crippen LogP contribution in [0.5, 0.6) is 0 Å². The molecule has 0 aliphatic carbocycles. The topological polar surface area (TPSA) is 106 Å². The second kappa shape index (κ2) is 17.1. The first-order valence-corrected chi connectivity index (χ1v) is 13.2. The Morgan fingerprint density at radius 2 is 1.05 bits per heavy atom. The van der Waals surface area contributed by atoms with Crippen molar-refractivity contribution in [2.45, 2.75) is 80.7 Å². The van der Waals surface area contributed by atoms with Gasteiger partial charge in [0, 0.05) is 29.4 Å². The van der Waals surface area contributed by atoms with Gasteiger partial charge in [-0.1, -0.05) is 52.0 Å². The summed E-state index contributed by atoms with van der Waals surface area (Å²) in [5.74, 6) is -0.339. The van der Waals surface area contributed by atoms with Crippen LogP contribution in [0.2, 0.25) is 0 Å². The van der Waals surface area contributed by atoms with Gasteiger partial charge in [-0.3, -0.25) is 9.59 Å². The van der Waals surface area contributed by atoms with Crippen LogP contribution in [0.25, 0.3) is 0 Å². The van der Waals surface area contributed by atoms with Gasteiger partial charge in [-0.25, -0.2) is 4.79 Å². The van der Waals surface area contributed by atoms with Crippen molar-refractivity contribution in [1.82, 2.24) is 5.32 Å². The molecule has 0 heterocycles. The minimum absolute atomic E-state index is 0.00768. The highest BCUT2D eigenvalue weighted by atomic mass is 16.5. The number of rotatable bonds is 12. The third-order valence-electron chi connectivity index (χ3n) is 5.09. The summed E-state index contributed by atoms with van der Waals surface area (Å²) in [6.45, 7) is 16.1. The van der Waals surface area contributed by atoms with Gasteiger partial charge < -0.3 is 25.4 Å². The van der Waals surface area contributed by atoms with E-state index in [0.29, 0.717) is 18.7 Å². The molecule has 0 radical (unpaired) electrons. The Bertz CT molecular complexity index is 984. The van der Waals surface area contributed by atoms with Gasteiger partial charge in [-0.05, 0) is 63.1 Å². The Hall–Kier alpha value is -3.55. The maximum absolute atomic E-state index is 11.5. The van der Waals surface area contributed by atoms with E-state index in [9.17, 15) is 14.4 Å². The van der Waals surface area contributed by atoms with Gasteiger partial charge in [-0.15, -0.1) is 0 Å². The molecule has 2 aromatic rings. The summed E-state index contributed by atoms with van der Waals surface area (Å²) in [5.41, 5.74) is 4.02. The number of benzene rings is 2. The second-order valence-electron chi connectivity index (χ2n) is 10.3. The number of esters is 1. The van der Waals surface area contributed by atoms with Gasteiger partial charge in [0.1, 0.15) is 13.2 Å². The molecule has 0 unspecified atom stereocenters. The standard InChI is InChI=1S/C16H24N2O3.C14H21NO2/c1-11(2)15(19)9-17-16(20)21-10-13-5-7-14(8-6-13)18-12(3)4;1-10(2)14(16)17-9-12-5-7-13(8-6-12)15-11(3)4/h5-8,11-12,18H,9-10H2,1-4H3,(H,17,20);5-8,10-11,15H,9H2,1-4H3. The van der Waals surface area contributed by atoms with E-state index in [4.69, 9.17) is 9.47 Å². The number of carbonyl (C=O) groups is 3. The summed E-state index contributed by atoms with van der Waals surface area (Å²) in [4.78, 5) is 34.1. The fraction of sp³-hybridized carbons (Fsp3) is 0.500. The van der Waals surface area contributed by atoms with Crippen LogP contribution in [0.4, 0.5) is 16.2 Å². The van der Waals surface area contributed by atoms with Crippen LogP contribution in [0.1, 0.15) is 66.5 Å². The van der Waals surface area contributed by atoms with Crippen LogP contribution in [-0.4, -0.2) is 36.5 Å². The molecule has 1 amide bonds. The summed E-state index contributed by atoms with van der Waals surface area (Å²) in [5, 5.41) is 9.04. The maximum Gasteiger partial charge on any atom is 0.407 e. The monoisotopic (exact) mass is 527 g/mol. The Morgan fingerprint density at radius 1 is 0.632 bits per heavy atom. The number of ketones is 1. The number of carbonyl (C=O) groups excluding carboxylic acids is 3. The lowest BCUT2D eigenvalue weighted by Gasteiger charge is -2.11. The van der Waals surface area contributed by atoms with Crippen molar-refractivity contribution in [2.24, 2.45) is 11.8 Å². The molecule has 0 fully saturated rings. The first-order chi connectivity index (χ1) is 17.9. The van der Waals surface area contributed by atoms with Crippen LogP contribution < -0.4 is 16.0 Å². The normalized spacial score (nSPS) is 10.6. The molecule has 3 N–H and O–H groups in total. The molecular weight excluding hydrogens is 482 g/mol. The Labute approximate surface area is 227 Å². The molecule has 8 heteroatoms. The van der Waals surface area contributed by atoms with Crippen LogP contribution >= 0.6 is 0 Å². The molecule has 0 aromatic heterocycles. The molecule has 8 nitrogen and oxygen atoms in total. The molecule has 0 saturated heterocycles. The van der Waals surface area contributed by atoms with E-state index in [1.807, 2.05) is 62.4 Å². The highest BCUT2D eigenvalue weighted by molar-refractivity contribution is 5.85. The lowest BCUT2D eigenvalue weighted by atomic mass is 10.1. The molecule has 0 saturated carbocycles. The zero-order valence-electron chi connectivity index (χ0n) is 24.1. The molecule has 38 heavy (non-hydrogen) atoms. The van der Waals surface area contributed by atoms with E-state index in [1.165, 1.54) is 0 Å². The van der Waals surface area contributed by atoms with E-state index < -0.39 is 6.09 Å².